The van der Waals surface area contributed by atoms with E-state index in [1.54, 1.807) is 13.0 Å². The lowest BCUT2D eigenvalue weighted by molar-refractivity contribution is -0.144. The van der Waals surface area contributed by atoms with Crippen LogP contribution in [0.3, 0.4) is 0 Å². The predicted molar refractivity (Wildman–Crippen MR) is 101 cm³/mol. The summed E-state index contributed by atoms with van der Waals surface area (Å²) in [5, 5.41) is 18.2. The molecule has 150 valence electrons. The summed E-state index contributed by atoms with van der Waals surface area (Å²) in [7, 11) is 0. The molecule has 0 aromatic heterocycles. The second-order valence-electron chi connectivity index (χ2n) is 6.24. The molecule has 0 radical (unpaired) electrons. The minimum atomic E-state index is -1.62. The van der Waals surface area contributed by atoms with E-state index in [9.17, 15) is 24.0 Å². The van der Waals surface area contributed by atoms with Gasteiger partial charge in [-0.2, -0.15) is 5.26 Å². The molecule has 1 atom stereocenters. The summed E-state index contributed by atoms with van der Waals surface area (Å²) in [6.07, 6.45) is 0. The van der Waals surface area contributed by atoms with E-state index in [1.807, 2.05) is 0 Å². The molecule has 0 spiro atoms. The quantitative estimate of drug-likeness (QED) is 0.332. The highest BCUT2D eigenvalue weighted by Crippen LogP contribution is 2.29. The number of carboxylic acid groups (broad SMARTS) is 1. The number of benzene rings is 2. The zero-order valence-electron chi connectivity index (χ0n) is 15.6. The Kier molecular flexibility index (Phi) is 5.42. The van der Waals surface area contributed by atoms with Crippen molar-refractivity contribution in [2.45, 2.75) is 6.92 Å². The normalized spacial score (nSPS) is 13.4. The number of carbonyl (C=O) groups excluding carboxylic acids is 4. The monoisotopic (exact) mass is 406 g/mol. The molecule has 0 bridgehead atoms. The van der Waals surface area contributed by atoms with Crippen LogP contribution in [0.15, 0.2) is 42.5 Å². The summed E-state index contributed by atoms with van der Waals surface area (Å²) in [6.45, 7) is 1.57. The molecule has 9 heteroatoms. The van der Waals surface area contributed by atoms with Gasteiger partial charge in [-0.05, 0) is 49.4 Å². The highest BCUT2D eigenvalue weighted by molar-refractivity contribution is 6.34. The van der Waals surface area contributed by atoms with Crippen molar-refractivity contribution in [3.8, 4) is 6.07 Å². The number of anilines is 1. The molecule has 0 fully saturated rings. The maximum atomic E-state index is 12.7. The topological polar surface area (TPSA) is 142 Å². The molecule has 0 saturated carbocycles. The van der Waals surface area contributed by atoms with Crippen molar-refractivity contribution in [2.24, 2.45) is 5.92 Å². The maximum Gasteiger partial charge on any atom is 0.335 e. The van der Waals surface area contributed by atoms with Crippen molar-refractivity contribution < 1.29 is 33.8 Å². The fourth-order valence-corrected chi connectivity index (χ4v) is 2.99. The van der Waals surface area contributed by atoms with Crippen molar-refractivity contribution in [3.05, 3.63) is 64.7 Å². The first kappa shape index (κ1) is 20.4. The van der Waals surface area contributed by atoms with E-state index in [-0.39, 0.29) is 34.5 Å². The van der Waals surface area contributed by atoms with Gasteiger partial charge in [-0.25, -0.2) is 9.69 Å². The first-order valence-corrected chi connectivity index (χ1v) is 8.76. The number of hydrogen-bond acceptors (Lipinski definition) is 7. The van der Waals surface area contributed by atoms with Crippen molar-refractivity contribution >= 4 is 35.2 Å². The third kappa shape index (κ3) is 3.42. The summed E-state index contributed by atoms with van der Waals surface area (Å²) in [6, 6.07) is 10.5. The number of nitriles is 1. The van der Waals surface area contributed by atoms with E-state index in [0.29, 0.717) is 0 Å². The lowest BCUT2D eigenvalue weighted by Gasteiger charge is -2.14. The first-order valence-electron chi connectivity index (χ1n) is 8.76. The average molecular weight is 406 g/mol. The van der Waals surface area contributed by atoms with Crippen molar-refractivity contribution in [1.82, 2.24) is 0 Å². The summed E-state index contributed by atoms with van der Waals surface area (Å²) in [5.41, 5.74) is 0.0884. The number of aromatic carboxylic acids is 1. The van der Waals surface area contributed by atoms with Crippen LogP contribution in [0.2, 0.25) is 0 Å². The molecule has 1 heterocycles. The van der Waals surface area contributed by atoms with Gasteiger partial charge in [0.05, 0.1) is 35.1 Å². The van der Waals surface area contributed by atoms with E-state index < -0.39 is 35.5 Å². The Hall–Kier alpha value is -4.32. The third-order valence-corrected chi connectivity index (χ3v) is 4.46. The Balaban J connectivity index is 1.88. The number of imide groups is 1. The number of ether oxygens (including phenoxy) is 1. The van der Waals surface area contributed by atoms with Crippen LogP contribution >= 0.6 is 0 Å². The van der Waals surface area contributed by atoms with Gasteiger partial charge in [0.2, 0.25) is 5.92 Å². The van der Waals surface area contributed by atoms with Gasteiger partial charge in [-0.1, -0.05) is 0 Å². The molecule has 2 aromatic carbocycles. The number of carbonyl (C=O) groups is 5. The number of ketones is 1. The van der Waals surface area contributed by atoms with E-state index in [1.165, 1.54) is 36.4 Å². The van der Waals surface area contributed by atoms with E-state index in [0.717, 1.165) is 11.0 Å². The lowest BCUT2D eigenvalue weighted by atomic mass is 9.98. The van der Waals surface area contributed by atoms with Crippen LogP contribution in [0.5, 0.6) is 0 Å². The zero-order chi connectivity index (χ0) is 22.0. The van der Waals surface area contributed by atoms with Crippen LogP contribution in [0.1, 0.15) is 48.4 Å². The number of amides is 2. The molecular weight excluding hydrogens is 392 g/mol. The van der Waals surface area contributed by atoms with Gasteiger partial charge < -0.3 is 9.84 Å². The SMILES string of the molecule is CCOC(=O)[C@@H](C#N)C(=O)c1ccc(N2C(=O)c3ccc(C(=O)O)cc3C2=O)cc1. The second-order valence-corrected chi connectivity index (χ2v) is 6.24. The van der Waals surface area contributed by atoms with Gasteiger partial charge >= 0.3 is 11.9 Å². The highest BCUT2D eigenvalue weighted by atomic mass is 16.5. The van der Waals surface area contributed by atoms with Gasteiger partial charge in [-0.3, -0.25) is 19.2 Å². The third-order valence-electron chi connectivity index (χ3n) is 4.46. The predicted octanol–water partition coefficient (Wildman–Crippen LogP) is 2.07. The number of carboxylic acids is 1. The Morgan fingerprint density at radius 3 is 2.20 bits per heavy atom. The minimum Gasteiger partial charge on any atom is -0.478 e. The molecule has 2 aromatic rings. The molecule has 3 rings (SSSR count). The molecule has 2 amide bonds. The number of fused-ring (bicyclic) bond motifs is 1. The molecular formula is C21H14N2O7. The van der Waals surface area contributed by atoms with Crippen LogP contribution in [0, 0.1) is 17.2 Å². The Bertz CT molecular complexity index is 1130. The fraction of sp³-hybridized carbons (Fsp3) is 0.143. The molecule has 9 nitrogen and oxygen atoms in total. The zero-order valence-corrected chi connectivity index (χ0v) is 15.6. The number of nitrogens with zero attached hydrogens (tertiary/aromatic N) is 2. The lowest BCUT2D eigenvalue weighted by Crippen LogP contribution is -2.29. The summed E-state index contributed by atoms with van der Waals surface area (Å²) in [4.78, 5) is 61.4. The Morgan fingerprint density at radius 1 is 1.03 bits per heavy atom. The summed E-state index contributed by atoms with van der Waals surface area (Å²) < 4.78 is 4.71. The first-order chi connectivity index (χ1) is 14.3. The molecule has 1 aliphatic rings. The van der Waals surface area contributed by atoms with Gasteiger partial charge in [0, 0.05) is 5.56 Å². The largest absolute Gasteiger partial charge is 0.478 e. The van der Waals surface area contributed by atoms with Crippen molar-refractivity contribution in [3.63, 3.8) is 0 Å². The number of Topliss-reactive ketones (excluding diaryl/α,β-unsaturated/α-hetero) is 1. The number of rotatable bonds is 6. The van der Waals surface area contributed by atoms with Crippen LogP contribution in [0.25, 0.3) is 0 Å². The fourth-order valence-electron chi connectivity index (χ4n) is 2.99. The van der Waals surface area contributed by atoms with Crippen molar-refractivity contribution in [1.29, 1.82) is 5.26 Å². The highest BCUT2D eigenvalue weighted by Gasteiger charge is 2.37. The van der Waals surface area contributed by atoms with Crippen LogP contribution in [-0.4, -0.2) is 41.2 Å². The summed E-state index contributed by atoms with van der Waals surface area (Å²) in [5.74, 6) is -5.90. The standard InChI is InChI=1S/C21H14N2O7/c1-2-30-21(29)16(10-22)17(24)11-3-6-13(7-4-11)23-18(25)14-8-5-12(20(27)28)9-15(14)19(23)26/h3-9,16H,2H2,1H3,(H,27,28)/t16-/m0/s1. The van der Waals surface area contributed by atoms with Crippen molar-refractivity contribution in [2.75, 3.05) is 11.5 Å². The van der Waals surface area contributed by atoms with Crippen LogP contribution in [0.4, 0.5) is 5.69 Å². The molecule has 1 N–H and O–H groups in total. The minimum absolute atomic E-state index is 0.0204. The van der Waals surface area contributed by atoms with E-state index >= 15 is 0 Å². The second kappa shape index (κ2) is 7.97. The Morgan fingerprint density at radius 2 is 1.63 bits per heavy atom. The van der Waals surface area contributed by atoms with Crippen LogP contribution < -0.4 is 4.90 Å². The number of esters is 1. The molecule has 1 aliphatic heterocycles. The molecule has 0 unspecified atom stereocenters. The Labute approximate surface area is 170 Å². The van der Waals surface area contributed by atoms with Crippen LogP contribution in [-0.2, 0) is 9.53 Å². The van der Waals surface area contributed by atoms with Gasteiger partial charge in [0.1, 0.15) is 0 Å². The molecule has 30 heavy (non-hydrogen) atoms. The molecule has 0 saturated heterocycles. The maximum absolute atomic E-state index is 12.7. The smallest absolute Gasteiger partial charge is 0.335 e. The molecule has 0 aliphatic carbocycles. The van der Waals surface area contributed by atoms with Gasteiger partial charge in [0.25, 0.3) is 11.8 Å². The average Bonchev–Trinajstić information content (AvgIpc) is 2.98. The van der Waals surface area contributed by atoms with Gasteiger partial charge in [-0.15, -0.1) is 0 Å². The summed E-state index contributed by atoms with van der Waals surface area (Å²) >= 11 is 0. The number of hydrogen-bond donors (Lipinski definition) is 1. The van der Waals surface area contributed by atoms with E-state index in [4.69, 9.17) is 15.1 Å². The van der Waals surface area contributed by atoms with E-state index in [2.05, 4.69) is 0 Å². The van der Waals surface area contributed by atoms with Gasteiger partial charge in [0.15, 0.2) is 5.78 Å².